The van der Waals surface area contributed by atoms with Gasteiger partial charge in [-0.3, -0.25) is 4.79 Å². The Morgan fingerprint density at radius 1 is 1.11 bits per heavy atom. The lowest BCUT2D eigenvalue weighted by atomic mass is 9.98. The Labute approximate surface area is 110 Å². The number of aldehydes is 1. The van der Waals surface area contributed by atoms with E-state index in [1.54, 1.807) is 12.1 Å². The SMILES string of the molecule is O=Cc1cc(-c2ccc3c(c2)CCCO3)ccc1F. The molecule has 0 unspecified atom stereocenters. The van der Waals surface area contributed by atoms with Gasteiger partial charge in [-0.15, -0.1) is 0 Å². The van der Waals surface area contributed by atoms with E-state index in [0.717, 1.165) is 36.3 Å². The largest absolute Gasteiger partial charge is 0.493 e. The maximum absolute atomic E-state index is 13.3. The van der Waals surface area contributed by atoms with E-state index in [-0.39, 0.29) is 5.56 Å². The number of hydrogen-bond acceptors (Lipinski definition) is 2. The quantitative estimate of drug-likeness (QED) is 0.767. The van der Waals surface area contributed by atoms with Gasteiger partial charge in [-0.2, -0.15) is 0 Å². The minimum Gasteiger partial charge on any atom is -0.493 e. The van der Waals surface area contributed by atoms with Crippen molar-refractivity contribution >= 4 is 6.29 Å². The van der Waals surface area contributed by atoms with E-state index in [9.17, 15) is 9.18 Å². The number of hydrogen-bond donors (Lipinski definition) is 0. The summed E-state index contributed by atoms with van der Waals surface area (Å²) >= 11 is 0. The van der Waals surface area contributed by atoms with E-state index >= 15 is 0 Å². The summed E-state index contributed by atoms with van der Waals surface area (Å²) < 4.78 is 18.9. The van der Waals surface area contributed by atoms with Gasteiger partial charge in [0.15, 0.2) is 6.29 Å². The highest BCUT2D eigenvalue weighted by Gasteiger charge is 2.12. The van der Waals surface area contributed by atoms with Gasteiger partial charge >= 0.3 is 0 Å². The van der Waals surface area contributed by atoms with Gasteiger partial charge in [0.25, 0.3) is 0 Å². The van der Waals surface area contributed by atoms with Crippen LogP contribution in [0, 0.1) is 5.82 Å². The van der Waals surface area contributed by atoms with Crippen molar-refractivity contribution in [2.24, 2.45) is 0 Å². The molecule has 0 radical (unpaired) electrons. The van der Waals surface area contributed by atoms with Crippen molar-refractivity contribution in [1.29, 1.82) is 0 Å². The van der Waals surface area contributed by atoms with Crippen LogP contribution in [0.4, 0.5) is 4.39 Å². The number of carbonyl (C=O) groups is 1. The third kappa shape index (κ3) is 2.24. The first-order chi connectivity index (χ1) is 9.28. The first kappa shape index (κ1) is 11.9. The lowest BCUT2D eigenvalue weighted by Gasteiger charge is -2.18. The van der Waals surface area contributed by atoms with E-state index in [4.69, 9.17) is 4.74 Å². The molecule has 3 rings (SSSR count). The van der Waals surface area contributed by atoms with Crippen molar-refractivity contribution in [3.05, 3.63) is 53.3 Å². The van der Waals surface area contributed by atoms with E-state index in [1.165, 1.54) is 11.6 Å². The summed E-state index contributed by atoms with van der Waals surface area (Å²) in [6, 6.07) is 10.5. The molecule has 0 spiro atoms. The zero-order chi connectivity index (χ0) is 13.2. The molecule has 3 heteroatoms. The monoisotopic (exact) mass is 256 g/mol. The second-order valence-electron chi connectivity index (χ2n) is 4.63. The zero-order valence-corrected chi connectivity index (χ0v) is 10.4. The van der Waals surface area contributed by atoms with E-state index in [1.807, 2.05) is 12.1 Å². The molecule has 1 aliphatic rings. The average molecular weight is 256 g/mol. The standard InChI is InChI=1S/C16H13FO2/c17-15-5-3-11(9-14(15)10-18)12-4-6-16-13(8-12)2-1-7-19-16/h3-6,8-10H,1-2,7H2. The maximum Gasteiger partial charge on any atom is 0.153 e. The highest BCUT2D eigenvalue weighted by Crippen LogP contribution is 2.30. The molecule has 0 aromatic heterocycles. The fourth-order valence-electron chi connectivity index (χ4n) is 2.35. The van der Waals surface area contributed by atoms with Gasteiger partial charge in [-0.25, -0.2) is 4.39 Å². The highest BCUT2D eigenvalue weighted by molar-refractivity contribution is 5.79. The summed E-state index contributed by atoms with van der Waals surface area (Å²) in [4.78, 5) is 10.8. The summed E-state index contributed by atoms with van der Waals surface area (Å²) in [5, 5.41) is 0. The Morgan fingerprint density at radius 3 is 2.74 bits per heavy atom. The number of fused-ring (bicyclic) bond motifs is 1. The van der Waals surface area contributed by atoms with Crippen molar-refractivity contribution < 1.29 is 13.9 Å². The number of rotatable bonds is 2. The first-order valence-corrected chi connectivity index (χ1v) is 6.29. The van der Waals surface area contributed by atoms with Gasteiger partial charge < -0.3 is 4.74 Å². The van der Waals surface area contributed by atoms with Crippen molar-refractivity contribution in [2.75, 3.05) is 6.61 Å². The number of halogens is 1. The topological polar surface area (TPSA) is 26.3 Å². The Balaban J connectivity index is 2.04. The van der Waals surface area contributed by atoms with Crippen LogP contribution in [0.25, 0.3) is 11.1 Å². The molecule has 0 aliphatic carbocycles. The van der Waals surface area contributed by atoms with Crippen molar-refractivity contribution in [3.8, 4) is 16.9 Å². The minimum absolute atomic E-state index is 0.0893. The van der Waals surface area contributed by atoms with Crippen LogP contribution in [0.15, 0.2) is 36.4 Å². The van der Waals surface area contributed by atoms with Crippen molar-refractivity contribution in [2.45, 2.75) is 12.8 Å². The molecule has 0 saturated carbocycles. The number of aryl methyl sites for hydroxylation is 1. The molecule has 0 fully saturated rings. The van der Waals surface area contributed by atoms with E-state index in [0.29, 0.717) is 6.29 Å². The van der Waals surface area contributed by atoms with Crippen molar-refractivity contribution in [1.82, 2.24) is 0 Å². The van der Waals surface area contributed by atoms with Gasteiger partial charge in [-0.1, -0.05) is 12.1 Å². The molecular weight excluding hydrogens is 243 g/mol. The third-order valence-electron chi connectivity index (χ3n) is 3.36. The molecule has 0 saturated heterocycles. The molecule has 0 atom stereocenters. The van der Waals surface area contributed by atoms with Crippen LogP contribution in [-0.4, -0.2) is 12.9 Å². The molecule has 0 bridgehead atoms. The number of carbonyl (C=O) groups excluding carboxylic acids is 1. The molecule has 2 aromatic rings. The lowest BCUT2D eigenvalue weighted by molar-refractivity contribution is 0.112. The summed E-state index contributed by atoms with van der Waals surface area (Å²) in [5.41, 5.74) is 3.08. The van der Waals surface area contributed by atoms with E-state index < -0.39 is 5.82 Å². The fourth-order valence-corrected chi connectivity index (χ4v) is 2.35. The van der Waals surface area contributed by atoms with Crippen LogP contribution in [0.5, 0.6) is 5.75 Å². The Kier molecular flexibility index (Phi) is 3.03. The van der Waals surface area contributed by atoms with Gasteiger partial charge in [0.2, 0.25) is 0 Å². The second-order valence-corrected chi connectivity index (χ2v) is 4.63. The second kappa shape index (κ2) is 4.84. The third-order valence-corrected chi connectivity index (χ3v) is 3.36. The molecule has 1 heterocycles. The molecule has 19 heavy (non-hydrogen) atoms. The number of benzene rings is 2. The van der Waals surface area contributed by atoms with Gasteiger partial charge in [0.05, 0.1) is 12.2 Å². The minimum atomic E-state index is -0.486. The molecule has 2 nitrogen and oxygen atoms in total. The van der Waals surface area contributed by atoms with Crippen LogP contribution in [0.3, 0.4) is 0 Å². The Morgan fingerprint density at radius 2 is 1.89 bits per heavy atom. The Bertz CT molecular complexity index is 635. The zero-order valence-electron chi connectivity index (χ0n) is 10.4. The van der Waals surface area contributed by atoms with Crippen molar-refractivity contribution in [3.63, 3.8) is 0 Å². The predicted molar refractivity (Wildman–Crippen MR) is 71.0 cm³/mol. The Hall–Kier alpha value is -2.16. The lowest BCUT2D eigenvalue weighted by Crippen LogP contribution is -2.08. The summed E-state index contributed by atoms with van der Waals surface area (Å²) in [6.07, 6.45) is 2.55. The van der Waals surface area contributed by atoms with E-state index in [2.05, 4.69) is 6.07 Å². The van der Waals surface area contributed by atoms with Crippen LogP contribution in [0.1, 0.15) is 22.3 Å². The molecule has 1 aliphatic heterocycles. The van der Waals surface area contributed by atoms with Crippen LogP contribution >= 0.6 is 0 Å². The predicted octanol–water partition coefficient (Wildman–Crippen LogP) is 3.63. The van der Waals surface area contributed by atoms with Crippen LogP contribution < -0.4 is 4.74 Å². The van der Waals surface area contributed by atoms with Crippen LogP contribution in [0.2, 0.25) is 0 Å². The van der Waals surface area contributed by atoms with Gasteiger partial charge in [0.1, 0.15) is 11.6 Å². The summed E-state index contributed by atoms with van der Waals surface area (Å²) in [5.74, 6) is 0.438. The van der Waals surface area contributed by atoms with Gasteiger partial charge in [-0.05, 0) is 53.8 Å². The average Bonchev–Trinajstić information content (AvgIpc) is 2.47. The molecule has 0 N–H and O–H groups in total. The molecule has 2 aromatic carbocycles. The summed E-state index contributed by atoms with van der Waals surface area (Å²) in [7, 11) is 0. The first-order valence-electron chi connectivity index (χ1n) is 6.29. The molecular formula is C16H13FO2. The fraction of sp³-hybridized carbons (Fsp3) is 0.188. The molecule has 0 amide bonds. The normalized spacial score (nSPS) is 13.5. The number of ether oxygens (including phenoxy) is 1. The smallest absolute Gasteiger partial charge is 0.153 e. The van der Waals surface area contributed by atoms with Crippen LogP contribution in [-0.2, 0) is 6.42 Å². The maximum atomic E-state index is 13.3. The highest BCUT2D eigenvalue weighted by atomic mass is 19.1. The molecule has 96 valence electrons. The van der Waals surface area contributed by atoms with Gasteiger partial charge in [0, 0.05) is 0 Å². The summed E-state index contributed by atoms with van der Waals surface area (Å²) in [6.45, 7) is 0.762.